The largest absolute Gasteiger partial charge is 1.00 e. The second-order valence-electron chi connectivity index (χ2n) is 3.62. The molecule has 0 bridgehead atoms. The van der Waals surface area contributed by atoms with Crippen LogP contribution in [0.3, 0.4) is 0 Å². The molecule has 0 radical (unpaired) electrons. The van der Waals surface area contributed by atoms with E-state index in [-0.39, 0.29) is 104 Å². The molecule has 0 atom stereocenters. The van der Waals surface area contributed by atoms with Crippen LogP contribution in [-0.4, -0.2) is 66.0 Å². The molecule has 0 aromatic heterocycles. The Kier molecular flexibility index (Phi) is 43.9. The Morgan fingerprint density at radius 2 is 1.08 bits per heavy atom. The summed E-state index contributed by atoms with van der Waals surface area (Å²) in [7, 11) is 0. The van der Waals surface area contributed by atoms with Gasteiger partial charge in [0.05, 0.1) is 12.8 Å². The van der Waals surface area contributed by atoms with Gasteiger partial charge in [0.2, 0.25) is 0 Å². The summed E-state index contributed by atoms with van der Waals surface area (Å²) in [5, 5.41) is 41.7. The second kappa shape index (κ2) is 23.8. The first-order chi connectivity index (χ1) is 8.55. The fourth-order valence-electron chi connectivity index (χ4n) is 0.928. The van der Waals surface area contributed by atoms with Gasteiger partial charge >= 0.3 is 113 Å². The summed E-state index contributed by atoms with van der Waals surface area (Å²) in [6.07, 6.45) is -1.27. The van der Waals surface area contributed by atoms with Gasteiger partial charge in [0, 0.05) is 6.42 Å². The molecular weight excluding hydrogens is 365 g/mol. The van der Waals surface area contributed by atoms with Crippen LogP contribution in [-0.2, 0) is 19.2 Å². The van der Waals surface area contributed by atoms with Crippen LogP contribution in [0, 0.1) is 0 Å². The molecule has 132 valence electrons. The van der Waals surface area contributed by atoms with Gasteiger partial charge in [0.15, 0.2) is 5.60 Å². The van der Waals surface area contributed by atoms with E-state index >= 15 is 0 Å². The van der Waals surface area contributed by atoms with Crippen molar-refractivity contribution in [1.82, 2.24) is 0 Å². The summed E-state index contributed by atoms with van der Waals surface area (Å²) in [5.41, 5.74) is -2.74. The maximum absolute atomic E-state index is 10.3. The van der Waals surface area contributed by atoms with Gasteiger partial charge < -0.3 is 40.8 Å². The molecule has 0 aliphatic heterocycles. The number of carbonyl (C=O) groups is 4. The van der Waals surface area contributed by atoms with Crippen molar-refractivity contribution in [2.75, 3.05) is 0 Å². The molecule has 0 aromatic rings. The van der Waals surface area contributed by atoms with Gasteiger partial charge in [0.25, 0.3) is 0 Å². The standard InChI is InChI=1S/C6H8O7.C4H8O2.3Na.2H2O.3H/c7-3(8)1-6(13,5(11)12)2-4(9)10;1-2-3-4(5)6;;;;;;;;/h13H,1-2H2,(H,7,8)(H,9,10)(H,11,12);2-3H2,1H3,(H,5,6);;;;2*1H2;;;/q;;3*+1;;;3*-1. The SMILES string of the molecule is CCCC(=O)O.O.O.O=C(O)CC(O)(CC(=O)O)C(=O)O.[H-].[H-].[H-].[Na+].[Na+].[Na+]. The molecule has 0 heterocycles. The second-order valence-corrected chi connectivity index (χ2v) is 3.62. The summed E-state index contributed by atoms with van der Waals surface area (Å²) >= 11 is 0. The smallest absolute Gasteiger partial charge is 1.00 e. The summed E-state index contributed by atoms with van der Waals surface area (Å²) in [6.45, 7) is 1.84. The Morgan fingerprint density at radius 1 is 0.792 bits per heavy atom. The van der Waals surface area contributed by atoms with Gasteiger partial charge in [-0.25, -0.2) is 4.79 Å². The third kappa shape index (κ3) is 27.6. The number of aliphatic carboxylic acids is 4. The average molecular weight is 388 g/mol. The van der Waals surface area contributed by atoms with Gasteiger partial charge in [-0.1, -0.05) is 6.92 Å². The zero-order chi connectivity index (χ0) is 15.6. The van der Waals surface area contributed by atoms with E-state index in [1.807, 2.05) is 6.92 Å². The Hall–Kier alpha value is 0.760. The average Bonchev–Trinajstić information content (AvgIpc) is 2.14. The number of carboxylic acid groups (broad SMARTS) is 4. The summed E-state index contributed by atoms with van der Waals surface area (Å²) in [4.78, 5) is 40.1. The fourth-order valence-corrected chi connectivity index (χ4v) is 0.928. The molecule has 0 saturated heterocycles. The van der Waals surface area contributed by atoms with Gasteiger partial charge in [-0.3, -0.25) is 14.4 Å². The molecule has 24 heavy (non-hydrogen) atoms. The molecule has 0 aliphatic carbocycles. The quantitative estimate of drug-likeness (QED) is 0.260. The number of hydrogen-bond donors (Lipinski definition) is 5. The zero-order valence-electron chi connectivity index (χ0n) is 17.2. The topological polar surface area (TPSA) is 232 Å². The first-order valence-electron chi connectivity index (χ1n) is 5.16. The number of aliphatic hydroxyl groups is 1. The molecule has 0 saturated carbocycles. The predicted molar refractivity (Wildman–Crippen MR) is 70.2 cm³/mol. The minimum Gasteiger partial charge on any atom is -1.00 e. The Labute approximate surface area is 208 Å². The first-order valence-corrected chi connectivity index (χ1v) is 5.16. The molecule has 0 spiro atoms. The van der Waals surface area contributed by atoms with Crippen molar-refractivity contribution in [2.45, 2.75) is 38.2 Å². The maximum atomic E-state index is 10.3. The van der Waals surface area contributed by atoms with Crippen molar-refractivity contribution in [3.8, 4) is 0 Å². The molecule has 0 aliphatic rings. The van der Waals surface area contributed by atoms with Crippen molar-refractivity contribution in [1.29, 1.82) is 0 Å². The molecular formula is C10H23Na3O11. The summed E-state index contributed by atoms with van der Waals surface area (Å²) in [5.74, 6) is -5.73. The maximum Gasteiger partial charge on any atom is 1.00 e. The first kappa shape index (κ1) is 44.3. The number of carboxylic acids is 4. The fraction of sp³-hybridized carbons (Fsp3) is 0.600. The molecule has 0 unspecified atom stereocenters. The van der Waals surface area contributed by atoms with Crippen LogP contribution in [0.4, 0.5) is 0 Å². The van der Waals surface area contributed by atoms with Crippen molar-refractivity contribution in [2.24, 2.45) is 0 Å². The van der Waals surface area contributed by atoms with Crippen molar-refractivity contribution >= 4 is 23.9 Å². The van der Waals surface area contributed by atoms with Crippen LogP contribution in [0.2, 0.25) is 0 Å². The number of rotatable bonds is 7. The third-order valence-corrected chi connectivity index (χ3v) is 1.75. The molecule has 0 amide bonds. The van der Waals surface area contributed by atoms with Gasteiger partial charge in [-0.2, -0.15) is 0 Å². The van der Waals surface area contributed by atoms with E-state index in [4.69, 9.17) is 25.5 Å². The van der Waals surface area contributed by atoms with Crippen LogP contribution >= 0.6 is 0 Å². The molecule has 9 N–H and O–H groups in total. The van der Waals surface area contributed by atoms with Gasteiger partial charge in [-0.15, -0.1) is 0 Å². The van der Waals surface area contributed by atoms with E-state index in [0.717, 1.165) is 6.42 Å². The molecule has 0 fully saturated rings. The van der Waals surface area contributed by atoms with Crippen molar-refractivity contribution in [3.05, 3.63) is 0 Å². The Balaban J connectivity index is -0.0000000233. The normalized spacial score (nSPS) is 7.92. The van der Waals surface area contributed by atoms with E-state index in [1.54, 1.807) is 0 Å². The van der Waals surface area contributed by atoms with Crippen molar-refractivity contribution in [3.63, 3.8) is 0 Å². The van der Waals surface area contributed by atoms with E-state index in [1.165, 1.54) is 0 Å². The Morgan fingerprint density at radius 3 is 1.17 bits per heavy atom. The van der Waals surface area contributed by atoms with Crippen LogP contribution in [0.15, 0.2) is 0 Å². The van der Waals surface area contributed by atoms with E-state index in [0.29, 0.717) is 6.42 Å². The minimum atomic E-state index is -2.74. The number of hydrogen-bond acceptors (Lipinski definition) is 5. The van der Waals surface area contributed by atoms with Crippen LogP contribution < -0.4 is 88.7 Å². The molecule has 14 heteroatoms. The molecule has 0 aromatic carbocycles. The summed E-state index contributed by atoms with van der Waals surface area (Å²) < 4.78 is 0. The third-order valence-electron chi connectivity index (χ3n) is 1.75. The predicted octanol–water partition coefficient (Wildman–Crippen LogP) is -10.7. The van der Waals surface area contributed by atoms with E-state index < -0.39 is 42.3 Å². The Bertz CT molecular complexity index is 360. The summed E-state index contributed by atoms with van der Waals surface area (Å²) in [6, 6.07) is 0. The van der Waals surface area contributed by atoms with E-state index in [2.05, 4.69) is 0 Å². The minimum absolute atomic E-state index is 0. The zero-order valence-corrected chi connectivity index (χ0v) is 20.2. The molecule has 11 nitrogen and oxygen atoms in total. The van der Waals surface area contributed by atoms with Crippen molar-refractivity contribution < 1.29 is 149 Å². The van der Waals surface area contributed by atoms with E-state index in [9.17, 15) is 19.2 Å². The van der Waals surface area contributed by atoms with Crippen LogP contribution in [0.5, 0.6) is 0 Å². The van der Waals surface area contributed by atoms with Gasteiger partial charge in [-0.05, 0) is 6.42 Å². The van der Waals surface area contributed by atoms with Crippen LogP contribution in [0.25, 0.3) is 0 Å². The molecule has 0 rings (SSSR count). The van der Waals surface area contributed by atoms with Crippen LogP contribution in [0.1, 0.15) is 36.9 Å². The monoisotopic (exact) mass is 388 g/mol. The van der Waals surface area contributed by atoms with Gasteiger partial charge in [0.1, 0.15) is 0 Å².